The molecule has 2 aromatic carbocycles. The molecule has 3 heterocycles. The van der Waals surface area contributed by atoms with E-state index < -0.39 is 0 Å². The number of fused-ring (bicyclic) bond motifs is 1. The highest BCUT2D eigenvalue weighted by Crippen LogP contribution is 2.33. The van der Waals surface area contributed by atoms with Gasteiger partial charge in [0.15, 0.2) is 17.2 Å². The second-order valence-electron chi connectivity index (χ2n) is 7.89. The molecule has 1 amide bonds. The highest BCUT2D eigenvalue weighted by Gasteiger charge is 2.18. The van der Waals surface area contributed by atoms with Crippen molar-refractivity contribution in [3.63, 3.8) is 0 Å². The predicted molar refractivity (Wildman–Crippen MR) is 131 cm³/mol. The first-order valence-electron chi connectivity index (χ1n) is 10.9. The Kier molecular flexibility index (Phi) is 6.05. The number of hydrogen-bond acceptors (Lipinski definition) is 6. The normalized spacial score (nSPS) is 13.2. The second-order valence-corrected chi connectivity index (χ2v) is 8.73. The lowest BCUT2D eigenvalue weighted by Crippen LogP contribution is -2.25. The van der Waals surface area contributed by atoms with Crippen LogP contribution < -0.4 is 14.9 Å². The van der Waals surface area contributed by atoms with Crippen LogP contribution >= 0.6 is 11.3 Å². The van der Waals surface area contributed by atoms with Crippen LogP contribution in [0.25, 0.3) is 11.3 Å². The summed E-state index contributed by atoms with van der Waals surface area (Å²) in [5.74, 6) is 0.524. The molecule has 1 N–H and O–H groups in total. The summed E-state index contributed by atoms with van der Waals surface area (Å²) in [6.45, 7) is 2.26. The van der Waals surface area contributed by atoms with E-state index in [0.717, 1.165) is 33.9 Å². The summed E-state index contributed by atoms with van der Waals surface area (Å²) in [7, 11) is 0. The van der Waals surface area contributed by atoms with Gasteiger partial charge in [0.05, 0.1) is 17.1 Å². The summed E-state index contributed by atoms with van der Waals surface area (Å²) in [6, 6.07) is 19.0. The lowest BCUT2D eigenvalue weighted by molar-refractivity contribution is -0.118. The summed E-state index contributed by atoms with van der Waals surface area (Å²) in [5.41, 5.74) is 5.03. The summed E-state index contributed by atoms with van der Waals surface area (Å²) < 4.78 is 7.66. The fraction of sp³-hybridized carbons (Fsp3) is 0.154. The van der Waals surface area contributed by atoms with Crippen molar-refractivity contribution in [2.45, 2.75) is 19.9 Å². The molecule has 34 heavy (non-hydrogen) atoms. The van der Waals surface area contributed by atoms with Crippen LogP contribution in [-0.4, -0.2) is 27.8 Å². The number of carbonyl (C=O) groups excluding carboxylic acids is 2. The maximum Gasteiger partial charge on any atom is 0.262 e. The highest BCUT2D eigenvalue weighted by atomic mass is 32.1. The van der Waals surface area contributed by atoms with Crippen LogP contribution in [0.2, 0.25) is 0 Å². The van der Waals surface area contributed by atoms with E-state index in [0.29, 0.717) is 23.5 Å². The highest BCUT2D eigenvalue weighted by molar-refractivity contribution is 7.07. The third kappa shape index (κ3) is 4.67. The number of aromatic nitrogens is 2. The van der Waals surface area contributed by atoms with Crippen molar-refractivity contribution >= 4 is 34.4 Å². The van der Waals surface area contributed by atoms with Crippen molar-refractivity contribution in [1.29, 1.82) is 0 Å². The van der Waals surface area contributed by atoms with Gasteiger partial charge in [-0.3, -0.25) is 14.6 Å². The van der Waals surface area contributed by atoms with Gasteiger partial charge in [-0.2, -0.15) is 0 Å². The fourth-order valence-corrected chi connectivity index (χ4v) is 4.72. The number of rotatable bonds is 6. The predicted octanol–water partition coefficient (Wildman–Crippen LogP) is 4.62. The van der Waals surface area contributed by atoms with Crippen molar-refractivity contribution in [3.05, 3.63) is 88.3 Å². The Morgan fingerprint density at radius 1 is 1.18 bits per heavy atom. The van der Waals surface area contributed by atoms with Crippen molar-refractivity contribution in [2.24, 2.45) is 4.99 Å². The molecular formula is C26H22N4O3S. The monoisotopic (exact) mass is 470 g/mol. The molecule has 0 bridgehead atoms. The first-order chi connectivity index (χ1) is 16.6. The third-order valence-electron chi connectivity index (χ3n) is 5.52. The standard InChI is InChI=1S/C26H22N4O3S/c1-17(31)18-5-8-21(9-6-18)28-26-30(13-11-20-4-2-3-12-27-20)23(16-34-26)19-7-10-24-22(14-19)29-25(32)15-33-24/h2-10,12,14,16H,11,13,15H2,1H3,(H,29,32). The van der Waals surface area contributed by atoms with E-state index in [4.69, 9.17) is 9.73 Å². The van der Waals surface area contributed by atoms with Crippen LogP contribution in [0.5, 0.6) is 5.75 Å². The SMILES string of the molecule is CC(=O)c1ccc(N=c2scc(-c3ccc4c(c3)NC(=O)CO4)n2CCc2ccccn2)cc1. The lowest BCUT2D eigenvalue weighted by atomic mass is 10.1. The fourth-order valence-electron chi connectivity index (χ4n) is 3.76. The Labute approximate surface area is 200 Å². The van der Waals surface area contributed by atoms with E-state index in [1.54, 1.807) is 25.3 Å². The molecule has 0 atom stereocenters. The van der Waals surface area contributed by atoms with Crippen LogP contribution in [0.3, 0.4) is 0 Å². The van der Waals surface area contributed by atoms with Gasteiger partial charge < -0.3 is 14.6 Å². The van der Waals surface area contributed by atoms with Gasteiger partial charge in [0, 0.05) is 41.4 Å². The van der Waals surface area contributed by atoms with Crippen molar-refractivity contribution in [3.8, 4) is 17.0 Å². The molecule has 0 aliphatic carbocycles. The molecule has 5 rings (SSSR count). The molecule has 170 valence electrons. The summed E-state index contributed by atoms with van der Waals surface area (Å²) in [4.78, 5) is 33.5. The van der Waals surface area contributed by atoms with E-state index in [-0.39, 0.29) is 18.3 Å². The number of thiazole rings is 1. The van der Waals surface area contributed by atoms with Gasteiger partial charge in [0.25, 0.3) is 5.91 Å². The van der Waals surface area contributed by atoms with Gasteiger partial charge >= 0.3 is 0 Å². The molecule has 0 unspecified atom stereocenters. The molecule has 4 aromatic rings. The summed E-state index contributed by atoms with van der Waals surface area (Å²) in [6.07, 6.45) is 2.54. The first kappa shape index (κ1) is 21.8. The Hall–Kier alpha value is -4.04. The zero-order valence-corrected chi connectivity index (χ0v) is 19.3. The number of ether oxygens (including phenoxy) is 1. The number of ketones is 1. The number of aryl methyl sites for hydroxylation is 1. The largest absolute Gasteiger partial charge is 0.482 e. The molecule has 0 spiro atoms. The second kappa shape index (κ2) is 9.44. The zero-order valence-electron chi connectivity index (χ0n) is 18.5. The van der Waals surface area contributed by atoms with Crippen molar-refractivity contribution in [2.75, 3.05) is 11.9 Å². The Morgan fingerprint density at radius 2 is 2.03 bits per heavy atom. The minimum absolute atomic E-state index is 0.0267. The maximum absolute atomic E-state index is 11.8. The van der Waals surface area contributed by atoms with Crippen molar-refractivity contribution < 1.29 is 14.3 Å². The lowest BCUT2D eigenvalue weighted by Gasteiger charge is -2.19. The van der Waals surface area contributed by atoms with Gasteiger partial charge in [-0.25, -0.2) is 4.99 Å². The van der Waals surface area contributed by atoms with E-state index in [1.165, 1.54) is 11.3 Å². The molecule has 0 radical (unpaired) electrons. The number of nitrogens with one attached hydrogen (secondary N) is 1. The average Bonchev–Trinajstić information content (AvgIpc) is 3.25. The molecule has 2 aromatic heterocycles. The Bertz CT molecular complexity index is 1420. The summed E-state index contributed by atoms with van der Waals surface area (Å²) >= 11 is 1.54. The van der Waals surface area contributed by atoms with Gasteiger partial charge in [-0.05, 0) is 61.5 Å². The molecule has 1 aliphatic rings. The Balaban J connectivity index is 1.55. The topological polar surface area (TPSA) is 85.6 Å². The molecule has 0 saturated heterocycles. The summed E-state index contributed by atoms with van der Waals surface area (Å²) in [5, 5.41) is 4.94. The van der Waals surface area contributed by atoms with Gasteiger partial charge in [0.1, 0.15) is 5.75 Å². The molecule has 1 aliphatic heterocycles. The van der Waals surface area contributed by atoms with Gasteiger partial charge in [-0.15, -0.1) is 11.3 Å². The van der Waals surface area contributed by atoms with Crippen LogP contribution in [0.15, 0.2) is 77.2 Å². The number of pyridine rings is 1. The van der Waals surface area contributed by atoms with Crippen molar-refractivity contribution in [1.82, 2.24) is 9.55 Å². The van der Waals surface area contributed by atoms with Gasteiger partial charge in [-0.1, -0.05) is 6.07 Å². The molecule has 0 fully saturated rings. The number of carbonyl (C=O) groups is 2. The number of nitrogens with zero attached hydrogens (tertiary/aromatic N) is 3. The van der Waals surface area contributed by atoms with Crippen LogP contribution in [-0.2, 0) is 17.8 Å². The average molecular weight is 471 g/mol. The number of benzene rings is 2. The van der Waals surface area contributed by atoms with Crippen LogP contribution in [0, 0.1) is 0 Å². The number of Topliss-reactive ketones (excluding diaryl/α,β-unsaturated/α-hetero) is 1. The number of amides is 1. The maximum atomic E-state index is 11.8. The quantitative estimate of drug-likeness (QED) is 0.417. The van der Waals surface area contributed by atoms with E-state index >= 15 is 0 Å². The first-order valence-corrected chi connectivity index (χ1v) is 11.8. The van der Waals surface area contributed by atoms with E-state index in [2.05, 4.69) is 20.2 Å². The Morgan fingerprint density at radius 3 is 2.79 bits per heavy atom. The molecule has 7 nitrogen and oxygen atoms in total. The van der Waals surface area contributed by atoms with Crippen LogP contribution in [0.1, 0.15) is 23.0 Å². The number of hydrogen-bond donors (Lipinski definition) is 1. The molecule has 8 heteroatoms. The molecular weight excluding hydrogens is 448 g/mol. The smallest absolute Gasteiger partial charge is 0.262 e. The minimum Gasteiger partial charge on any atom is -0.482 e. The zero-order chi connectivity index (χ0) is 23.5. The van der Waals surface area contributed by atoms with Gasteiger partial charge in [0.2, 0.25) is 0 Å². The minimum atomic E-state index is -0.164. The van der Waals surface area contributed by atoms with Crippen LogP contribution in [0.4, 0.5) is 11.4 Å². The third-order valence-corrected chi connectivity index (χ3v) is 6.39. The number of anilines is 1. The molecule has 0 saturated carbocycles. The van der Waals surface area contributed by atoms with E-state index in [1.807, 2.05) is 48.5 Å². The van der Waals surface area contributed by atoms with E-state index in [9.17, 15) is 9.59 Å².